The van der Waals surface area contributed by atoms with Crippen LogP contribution in [0.15, 0.2) is 18.2 Å². The predicted octanol–water partition coefficient (Wildman–Crippen LogP) is -0.421. The molecule has 0 fully saturated rings. The van der Waals surface area contributed by atoms with Gasteiger partial charge in [0.15, 0.2) is 0 Å². The molecule has 2 nitrogen and oxygen atoms in total. The number of fused-ring (bicyclic) bond motifs is 1. The summed E-state index contributed by atoms with van der Waals surface area (Å²) in [7, 11) is 0. The number of hydrogen-bond donors (Lipinski definition) is 2. The van der Waals surface area contributed by atoms with Crippen LogP contribution >= 0.6 is 0 Å². The quantitative estimate of drug-likeness (QED) is 0.519. The number of rotatable bonds is 0. The Morgan fingerprint density at radius 1 is 1.00 bits per heavy atom. The molecule has 1 aliphatic heterocycles. The SMILES string of the molecule is Cc1ccc2c(c1)=CNNC=2. The van der Waals surface area contributed by atoms with Gasteiger partial charge >= 0.3 is 0 Å². The van der Waals surface area contributed by atoms with E-state index in [0.717, 1.165) is 0 Å². The molecule has 1 aromatic rings. The Hall–Kier alpha value is -1.44. The minimum absolute atomic E-state index is 1.23. The topological polar surface area (TPSA) is 24.1 Å². The first kappa shape index (κ1) is 6.28. The molecule has 11 heavy (non-hydrogen) atoms. The molecule has 0 unspecified atom stereocenters. The van der Waals surface area contributed by atoms with E-state index in [1.807, 2.05) is 12.4 Å². The maximum atomic E-state index is 2.94. The number of hydrogen-bond acceptors (Lipinski definition) is 2. The van der Waals surface area contributed by atoms with Crippen LogP contribution in [-0.4, -0.2) is 0 Å². The third-order valence-electron chi connectivity index (χ3n) is 1.78. The third kappa shape index (κ3) is 1.07. The first-order valence-corrected chi connectivity index (χ1v) is 3.64. The zero-order chi connectivity index (χ0) is 7.68. The highest BCUT2D eigenvalue weighted by Crippen LogP contribution is 1.86. The van der Waals surface area contributed by atoms with Crippen LogP contribution in [0.5, 0.6) is 0 Å². The van der Waals surface area contributed by atoms with Crippen LogP contribution in [0, 0.1) is 6.92 Å². The van der Waals surface area contributed by atoms with Gasteiger partial charge in [-0.15, -0.1) is 0 Å². The lowest BCUT2D eigenvalue weighted by Crippen LogP contribution is -2.38. The van der Waals surface area contributed by atoms with Gasteiger partial charge < -0.3 is 10.9 Å². The molecule has 2 N–H and O–H groups in total. The predicted molar refractivity (Wildman–Crippen MR) is 45.6 cm³/mol. The molecular weight excluding hydrogens is 136 g/mol. The molecule has 1 aromatic carbocycles. The summed E-state index contributed by atoms with van der Waals surface area (Å²) in [6.07, 6.45) is 3.91. The van der Waals surface area contributed by atoms with E-state index in [-0.39, 0.29) is 0 Å². The molecular formula is C9H10N2. The van der Waals surface area contributed by atoms with Gasteiger partial charge in [-0.25, -0.2) is 0 Å². The van der Waals surface area contributed by atoms with Crippen molar-refractivity contribution in [2.45, 2.75) is 6.92 Å². The second-order valence-electron chi connectivity index (χ2n) is 2.71. The Morgan fingerprint density at radius 2 is 1.73 bits per heavy atom. The minimum atomic E-state index is 1.23. The number of hydrazine groups is 1. The Kier molecular flexibility index (Phi) is 1.32. The summed E-state index contributed by atoms with van der Waals surface area (Å²) in [6, 6.07) is 6.37. The van der Waals surface area contributed by atoms with E-state index in [4.69, 9.17) is 0 Å². The van der Waals surface area contributed by atoms with Crippen molar-refractivity contribution >= 4 is 12.4 Å². The Morgan fingerprint density at radius 3 is 2.55 bits per heavy atom. The van der Waals surface area contributed by atoms with Crippen molar-refractivity contribution in [3.05, 3.63) is 34.2 Å². The first-order valence-electron chi connectivity index (χ1n) is 3.64. The fourth-order valence-corrected chi connectivity index (χ4v) is 1.19. The zero-order valence-electron chi connectivity index (χ0n) is 6.39. The van der Waals surface area contributed by atoms with Crippen LogP contribution in [0.4, 0.5) is 0 Å². The summed E-state index contributed by atoms with van der Waals surface area (Å²) in [5.41, 5.74) is 7.16. The van der Waals surface area contributed by atoms with E-state index in [1.54, 1.807) is 0 Å². The van der Waals surface area contributed by atoms with Gasteiger partial charge in [-0.3, -0.25) is 0 Å². The highest BCUT2D eigenvalue weighted by Gasteiger charge is 1.90. The van der Waals surface area contributed by atoms with Crippen molar-refractivity contribution < 1.29 is 0 Å². The summed E-state index contributed by atoms with van der Waals surface area (Å²) in [5, 5.41) is 2.47. The fraction of sp³-hybridized carbons (Fsp3) is 0.111. The Balaban J connectivity index is 2.80. The van der Waals surface area contributed by atoms with E-state index in [2.05, 4.69) is 36.0 Å². The molecule has 2 heteroatoms. The van der Waals surface area contributed by atoms with E-state index in [0.29, 0.717) is 0 Å². The maximum absolute atomic E-state index is 2.94. The second-order valence-corrected chi connectivity index (χ2v) is 2.71. The van der Waals surface area contributed by atoms with Crippen molar-refractivity contribution in [3.8, 4) is 0 Å². The molecule has 0 amide bonds. The maximum Gasteiger partial charge on any atom is 0.0256 e. The van der Waals surface area contributed by atoms with Crippen molar-refractivity contribution in [2.24, 2.45) is 0 Å². The third-order valence-corrected chi connectivity index (χ3v) is 1.78. The average Bonchev–Trinajstić information content (AvgIpc) is 2.04. The van der Waals surface area contributed by atoms with Crippen LogP contribution in [0.2, 0.25) is 0 Å². The van der Waals surface area contributed by atoms with Crippen molar-refractivity contribution in [1.82, 2.24) is 10.9 Å². The molecule has 0 atom stereocenters. The lowest BCUT2D eigenvalue weighted by Gasteiger charge is -2.04. The summed E-state index contributed by atoms with van der Waals surface area (Å²) in [5.74, 6) is 0. The summed E-state index contributed by atoms with van der Waals surface area (Å²) >= 11 is 0. The lowest BCUT2D eigenvalue weighted by atomic mass is 10.2. The molecule has 0 aromatic heterocycles. The van der Waals surface area contributed by atoms with E-state index in [9.17, 15) is 0 Å². The molecule has 0 saturated carbocycles. The highest BCUT2D eigenvalue weighted by atomic mass is 15.3. The van der Waals surface area contributed by atoms with Gasteiger partial charge in [0.25, 0.3) is 0 Å². The lowest BCUT2D eigenvalue weighted by molar-refractivity contribution is 0.843. The average molecular weight is 146 g/mol. The molecule has 0 spiro atoms. The standard InChI is InChI=1S/C9H10N2/c1-7-2-3-8-5-10-11-6-9(8)4-7/h2-6,10-11H,1H3. The largest absolute Gasteiger partial charge is 0.308 e. The molecule has 0 radical (unpaired) electrons. The van der Waals surface area contributed by atoms with Crippen molar-refractivity contribution in [1.29, 1.82) is 0 Å². The highest BCUT2D eigenvalue weighted by molar-refractivity contribution is 5.35. The van der Waals surface area contributed by atoms with Crippen LogP contribution in [0.25, 0.3) is 12.4 Å². The Bertz CT molecular complexity index is 379. The van der Waals surface area contributed by atoms with E-state index in [1.165, 1.54) is 16.0 Å². The van der Waals surface area contributed by atoms with Crippen LogP contribution in [0.1, 0.15) is 5.56 Å². The van der Waals surface area contributed by atoms with Crippen LogP contribution < -0.4 is 21.3 Å². The number of aryl methyl sites for hydroxylation is 1. The van der Waals surface area contributed by atoms with Gasteiger partial charge in [0.05, 0.1) is 0 Å². The van der Waals surface area contributed by atoms with Crippen LogP contribution in [-0.2, 0) is 0 Å². The molecule has 2 rings (SSSR count). The first-order chi connectivity index (χ1) is 5.36. The van der Waals surface area contributed by atoms with Gasteiger partial charge in [0.2, 0.25) is 0 Å². The molecule has 0 aliphatic carbocycles. The minimum Gasteiger partial charge on any atom is -0.308 e. The summed E-state index contributed by atoms with van der Waals surface area (Å²) in [4.78, 5) is 0. The van der Waals surface area contributed by atoms with E-state index >= 15 is 0 Å². The molecule has 1 heterocycles. The van der Waals surface area contributed by atoms with Crippen molar-refractivity contribution in [3.63, 3.8) is 0 Å². The molecule has 0 bridgehead atoms. The van der Waals surface area contributed by atoms with Gasteiger partial charge in [-0.2, -0.15) is 0 Å². The van der Waals surface area contributed by atoms with Crippen LogP contribution in [0.3, 0.4) is 0 Å². The fourth-order valence-electron chi connectivity index (χ4n) is 1.19. The van der Waals surface area contributed by atoms with Crippen molar-refractivity contribution in [2.75, 3.05) is 0 Å². The van der Waals surface area contributed by atoms with Gasteiger partial charge in [-0.1, -0.05) is 17.7 Å². The van der Waals surface area contributed by atoms with E-state index < -0.39 is 0 Å². The smallest absolute Gasteiger partial charge is 0.0256 e. The van der Waals surface area contributed by atoms with Gasteiger partial charge in [0, 0.05) is 22.8 Å². The molecule has 56 valence electrons. The van der Waals surface area contributed by atoms with Gasteiger partial charge in [-0.05, 0) is 13.0 Å². The summed E-state index contributed by atoms with van der Waals surface area (Å²) < 4.78 is 0. The Labute approximate surface area is 65.2 Å². The zero-order valence-corrected chi connectivity index (χ0v) is 6.39. The monoisotopic (exact) mass is 146 g/mol. The summed E-state index contributed by atoms with van der Waals surface area (Å²) in [6.45, 7) is 2.09. The number of nitrogens with one attached hydrogen (secondary N) is 2. The molecule has 0 saturated heterocycles. The number of benzene rings is 1. The second kappa shape index (κ2) is 2.31. The normalized spacial score (nSPS) is 13.2. The van der Waals surface area contributed by atoms with Gasteiger partial charge in [0.1, 0.15) is 0 Å². The molecule has 1 aliphatic rings.